The lowest BCUT2D eigenvalue weighted by Gasteiger charge is -2.24. The minimum absolute atomic E-state index is 0.000494. The van der Waals surface area contributed by atoms with Crippen LogP contribution < -0.4 is 5.73 Å². The maximum absolute atomic E-state index is 12.4. The molecule has 0 spiro atoms. The molecule has 0 aromatic rings. The third kappa shape index (κ3) is 5.64. The Morgan fingerprint density at radius 2 is 2.00 bits per heavy atom. The van der Waals surface area contributed by atoms with Gasteiger partial charge < -0.3 is 10.6 Å². The average Bonchev–Trinajstić information content (AvgIpc) is 2.16. The highest BCUT2D eigenvalue weighted by Crippen LogP contribution is 2.46. The van der Waals surface area contributed by atoms with E-state index in [4.69, 9.17) is 5.73 Å². The smallest absolute Gasteiger partial charge is 0.201 e. The van der Waals surface area contributed by atoms with Gasteiger partial charge in [0.15, 0.2) is 0 Å². The molecule has 1 saturated carbocycles. The Morgan fingerprint density at radius 3 is 2.53 bits per heavy atom. The Balaban J connectivity index is 2.30. The van der Waals surface area contributed by atoms with Crippen LogP contribution in [0.1, 0.15) is 38.5 Å². The Labute approximate surface area is 90.7 Å². The van der Waals surface area contributed by atoms with E-state index in [0.29, 0.717) is 12.1 Å². The number of halogens is 1. The standard InChI is InChI=1S/C10H21FNO2P/c11-10(12)6-7-15(13,14)8-9-4-2-1-3-5-9/h9-10H,1-8,12H2,(H,13,14). The average molecular weight is 237 g/mol. The molecule has 1 aliphatic carbocycles. The molecule has 2 unspecified atom stereocenters. The van der Waals surface area contributed by atoms with Crippen molar-refractivity contribution >= 4 is 7.37 Å². The molecule has 0 radical (unpaired) electrons. The lowest BCUT2D eigenvalue weighted by Crippen LogP contribution is -2.17. The first-order valence-corrected chi connectivity index (χ1v) is 7.73. The molecule has 0 aromatic heterocycles. The van der Waals surface area contributed by atoms with E-state index in [9.17, 15) is 13.8 Å². The van der Waals surface area contributed by atoms with Gasteiger partial charge in [0, 0.05) is 18.7 Å². The molecular weight excluding hydrogens is 216 g/mol. The Kier molecular flexibility index (Phi) is 5.24. The van der Waals surface area contributed by atoms with E-state index >= 15 is 0 Å². The van der Waals surface area contributed by atoms with Crippen molar-refractivity contribution in [3.05, 3.63) is 0 Å². The van der Waals surface area contributed by atoms with Crippen molar-refractivity contribution in [3.8, 4) is 0 Å². The number of alkyl halides is 1. The molecule has 0 bridgehead atoms. The third-order valence-corrected chi connectivity index (χ3v) is 5.07. The Hall–Kier alpha value is 0.0800. The minimum atomic E-state index is -3.13. The van der Waals surface area contributed by atoms with Gasteiger partial charge in [-0.25, -0.2) is 4.39 Å². The molecule has 1 aliphatic rings. The number of hydrogen-bond donors (Lipinski definition) is 2. The Bertz CT molecular complexity index is 229. The molecule has 1 fully saturated rings. The van der Waals surface area contributed by atoms with Gasteiger partial charge in [-0.3, -0.25) is 4.57 Å². The van der Waals surface area contributed by atoms with Crippen molar-refractivity contribution in [2.45, 2.75) is 44.8 Å². The van der Waals surface area contributed by atoms with Gasteiger partial charge in [0.2, 0.25) is 7.37 Å². The second-order valence-electron chi connectivity index (χ2n) is 4.56. The second kappa shape index (κ2) is 5.97. The maximum atomic E-state index is 12.4. The summed E-state index contributed by atoms with van der Waals surface area (Å²) in [5, 5.41) is 0. The zero-order valence-corrected chi connectivity index (χ0v) is 9.96. The quantitative estimate of drug-likeness (QED) is 0.570. The van der Waals surface area contributed by atoms with Crippen molar-refractivity contribution in [2.75, 3.05) is 12.3 Å². The monoisotopic (exact) mass is 237 g/mol. The van der Waals surface area contributed by atoms with Gasteiger partial charge in [-0.15, -0.1) is 0 Å². The van der Waals surface area contributed by atoms with Gasteiger partial charge in [0.05, 0.1) is 0 Å². The van der Waals surface area contributed by atoms with Crippen LogP contribution in [0.2, 0.25) is 0 Å². The van der Waals surface area contributed by atoms with Crippen LogP contribution in [0.3, 0.4) is 0 Å². The van der Waals surface area contributed by atoms with Crippen LogP contribution >= 0.6 is 7.37 Å². The fourth-order valence-electron chi connectivity index (χ4n) is 2.19. The van der Waals surface area contributed by atoms with Crippen LogP contribution in [-0.4, -0.2) is 23.5 Å². The summed E-state index contributed by atoms with van der Waals surface area (Å²) >= 11 is 0. The summed E-state index contributed by atoms with van der Waals surface area (Å²) in [4.78, 5) is 9.65. The van der Waals surface area contributed by atoms with Crippen molar-refractivity contribution in [1.29, 1.82) is 0 Å². The molecule has 2 atom stereocenters. The zero-order valence-electron chi connectivity index (χ0n) is 9.07. The highest BCUT2D eigenvalue weighted by atomic mass is 31.2. The van der Waals surface area contributed by atoms with E-state index in [2.05, 4.69) is 0 Å². The summed E-state index contributed by atoms with van der Waals surface area (Å²) in [6, 6.07) is 0. The van der Waals surface area contributed by atoms with Gasteiger partial charge in [0.25, 0.3) is 0 Å². The summed E-state index contributed by atoms with van der Waals surface area (Å²) < 4.78 is 24.1. The van der Waals surface area contributed by atoms with Crippen LogP contribution in [-0.2, 0) is 4.57 Å². The minimum Gasteiger partial charge on any atom is -0.344 e. The molecule has 0 saturated heterocycles. The lowest BCUT2D eigenvalue weighted by atomic mass is 9.91. The summed E-state index contributed by atoms with van der Waals surface area (Å²) in [5.41, 5.74) is 4.93. The van der Waals surface area contributed by atoms with E-state index in [1.807, 2.05) is 0 Å². The Morgan fingerprint density at radius 1 is 1.40 bits per heavy atom. The summed E-state index contributed by atoms with van der Waals surface area (Å²) in [5.74, 6) is 0.366. The van der Waals surface area contributed by atoms with Gasteiger partial charge in [0.1, 0.15) is 6.30 Å². The molecule has 0 amide bonds. The van der Waals surface area contributed by atoms with Crippen LogP contribution in [0.4, 0.5) is 4.39 Å². The van der Waals surface area contributed by atoms with Gasteiger partial charge in [-0.05, 0) is 18.8 Å². The van der Waals surface area contributed by atoms with Gasteiger partial charge in [-0.1, -0.05) is 19.3 Å². The normalized spacial score (nSPS) is 24.7. The first kappa shape index (κ1) is 13.1. The highest BCUT2D eigenvalue weighted by Gasteiger charge is 2.25. The molecule has 0 aliphatic heterocycles. The zero-order chi connectivity index (χ0) is 11.3. The largest absolute Gasteiger partial charge is 0.344 e. The van der Waals surface area contributed by atoms with E-state index < -0.39 is 13.7 Å². The van der Waals surface area contributed by atoms with E-state index in [1.165, 1.54) is 6.42 Å². The van der Waals surface area contributed by atoms with Crippen molar-refractivity contribution < 1.29 is 13.8 Å². The van der Waals surface area contributed by atoms with Crippen LogP contribution in [0.5, 0.6) is 0 Å². The molecule has 90 valence electrons. The number of rotatable bonds is 5. The predicted octanol–water partition coefficient (Wildman–Crippen LogP) is 2.48. The van der Waals surface area contributed by atoms with E-state index in [1.54, 1.807) is 0 Å². The van der Waals surface area contributed by atoms with Gasteiger partial charge >= 0.3 is 0 Å². The third-order valence-electron chi connectivity index (χ3n) is 3.02. The fourth-order valence-corrected chi connectivity index (χ4v) is 4.19. The lowest BCUT2D eigenvalue weighted by molar-refractivity contribution is 0.329. The van der Waals surface area contributed by atoms with Crippen LogP contribution in [0.15, 0.2) is 0 Å². The summed E-state index contributed by atoms with van der Waals surface area (Å²) in [6.45, 7) is 0. The molecule has 0 aromatic carbocycles. The first-order chi connectivity index (χ1) is 6.99. The number of nitrogens with two attached hydrogens (primary N) is 1. The predicted molar refractivity (Wildman–Crippen MR) is 59.8 cm³/mol. The highest BCUT2D eigenvalue weighted by molar-refractivity contribution is 7.57. The fraction of sp³-hybridized carbons (Fsp3) is 1.00. The molecule has 15 heavy (non-hydrogen) atoms. The maximum Gasteiger partial charge on any atom is 0.201 e. The summed E-state index contributed by atoms with van der Waals surface area (Å²) in [6.07, 6.45) is 4.58. The molecule has 3 N–H and O–H groups in total. The van der Waals surface area contributed by atoms with Crippen molar-refractivity contribution in [2.24, 2.45) is 11.7 Å². The van der Waals surface area contributed by atoms with Gasteiger partial charge in [-0.2, -0.15) is 0 Å². The van der Waals surface area contributed by atoms with E-state index in [0.717, 1.165) is 25.7 Å². The second-order valence-corrected chi connectivity index (χ2v) is 7.07. The first-order valence-electron chi connectivity index (χ1n) is 5.70. The molecule has 3 nitrogen and oxygen atoms in total. The SMILES string of the molecule is NC(F)CCP(=O)(O)CC1CCCCC1. The van der Waals surface area contributed by atoms with Crippen LogP contribution in [0.25, 0.3) is 0 Å². The molecule has 0 heterocycles. The van der Waals surface area contributed by atoms with Crippen molar-refractivity contribution in [1.82, 2.24) is 0 Å². The van der Waals surface area contributed by atoms with Crippen LogP contribution in [0, 0.1) is 5.92 Å². The molecule has 5 heteroatoms. The van der Waals surface area contributed by atoms with E-state index in [-0.39, 0.29) is 12.6 Å². The molecule has 1 rings (SSSR count). The topological polar surface area (TPSA) is 63.3 Å². The summed E-state index contributed by atoms with van der Waals surface area (Å²) in [7, 11) is -3.13. The number of hydrogen-bond acceptors (Lipinski definition) is 2. The van der Waals surface area contributed by atoms with Crippen molar-refractivity contribution in [3.63, 3.8) is 0 Å². The molecular formula is C10H21FNO2P.